The average molecular weight is 354 g/mol. The number of nitrogens with one attached hydrogen (secondary N) is 3. The lowest BCUT2D eigenvalue weighted by Gasteiger charge is -2.09. The number of carbonyl (C=O) groups excluding carboxylic acids is 1. The van der Waals surface area contributed by atoms with Gasteiger partial charge in [-0.25, -0.2) is 15.0 Å². The van der Waals surface area contributed by atoms with Crippen molar-refractivity contribution in [3.63, 3.8) is 0 Å². The molecule has 0 aliphatic rings. The molecule has 0 aliphatic carbocycles. The van der Waals surface area contributed by atoms with Gasteiger partial charge in [0.25, 0.3) is 5.91 Å². The van der Waals surface area contributed by atoms with Crippen LogP contribution in [0.3, 0.4) is 0 Å². The number of carbonyl (C=O) groups is 1. The Kier molecular flexibility index (Phi) is 5.53. The third kappa shape index (κ3) is 4.98. The molecule has 128 valence electrons. The van der Waals surface area contributed by atoms with E-state index in [0.29, 0.717) is 30.3 Å². The number of aromatic nitrogens is 3. The van der Waals surface area contributed by atoms with Crippen molar-refractivity contribution in [1.29, 1.82) is 0 Å². The number of nitrogens with zero attached hydrogens (tertiary/aromatic N) is 3. The van der Waals surface area contributed by atoms with E-state index in [1.807, 2.05) is 29.8 Å². The van der Waals surface area contributed by atoms with E-state index in [2.05, 4.69) is 30.9 Å². The summed E-state index contributed by atoms with van der Waals surface area (Å²) in [5.41, 5.74) is 1.80. The van der Waals surface area contributed by atoms with Crippen LogP contribution in [0.15, 0.2) is 47.5 Å². The van der Waals surface area contributed by atoms with E-state index in [4.69, 9.17) is 0 Å². The maximum absolute atomic E-state index is 11.8. The van der Waals surface area contributed by atoms with E-state index >= 15 is 0 Å². The summed E-state index contributed by atoms with van der Waals surface area (Å²) in [4.78, 5) is 24.4. The number of anilines is 3. The van der Waals surface area contributed by atoms with Crippen LogP contribution in [0.4, 0.5) is 17.5 Å². The predicted molar refractivity (Wildman–Crippen MR) is 99.4 cm³/mol. The number of hydrogen-bond donors (Lipinski definition) is 3. The maximum atomic E-state index is 11.8. The molecule has 0 bridgehead atoms. The van der Waals surface area contributed by atoms with Crippen molar-refractivity contribution in [3.05, 3.63) is 58.7 Å². The highest BCUT2D eigenvalue weighted by atomic mass is 32.1. The summed E-state index contributed by atoms with van der Waals surface area (Å²) in [6.07, 6.45) is 3.22. The maximum Gasteiger partial charge on any atom is 0.252 e. The van der Waals surface area contributed by atoms with E-state index in [1.54, 1.807) is 18.3 Å². The van der Waals surface area contributed by atoms with Gasteiger partial charge < -0.3 is 16.0 Å². The standard InChI is InChI=1S/C17H18N6OS/c1-12-2-4-18-15(8-12)23-16-9-14(21-11-22-16)19-5-6-20-17(24)13-3-7-25-10-13/h2-4,7-11H,5-6H2,1H3,(H,20,24)(H2,18,19,21,22,23). The first kappa shape index (κ1) is 16.8. The van der Waals surface area contributed by atoms with Gasteiger partial charge in [-0.1, -0.05) is 0 Å². The molecule has 3 N–H and O–H groups in total. The van der Waals surface area contributed by atoms with Crippen LogP contribution in [-0.2, 0) is 0 Å². The number of hydrogen-bond acceptors (Lipinski definition) is 7. The van der Waals surface area contributed by atoms with Crippen molar-refractivity contribution in [2.24, 2.45) is 0 Å². The minimum atomic E-state index is -0.0707. The van der Waals surface area contributed by atoms with Gasteiger partial charge in [-0.3, -0.25) is 4.79 Å². The van der Waals surface area contributed by atoms with Crippen LogP contribution < -0.4 is 16.0 Å². The molecule has 0 aliphatic heterocycles. The van der Waals surface area contributed by atoms with Crippen LogP contribution in [0.5, 0.6) is 0 Å². The molecule has 3 aromatic heterocycles. The van der Waals surface area contributed by atoms with Crippen LogP contribution in [0.25, 0.3) is 0 Å². The Morgan fingerprint density at radius 3 is 2.72 bits per heavy atom. The van der Waals surface area contributed by atoms with Crippen molar-refractivity contribution in [2.75, 3.05) is 23.7 Å². The van der Waals surface area contributed by atoms with Gasteiger partial charge in [0.1, 0.15) is 23.8 Å². The Morgan fingerprint density at radius 1 is 1.08 bits per heavy atom. The Balaban J connectivity index is 1.49. The highest BCUT2D eigenvalue weighted by Gasteiger charge is 2.04. The Labute approximate surface area is 149 Å². The zero-order valence-electron chi connectivity index (χ0n) is 13.7. The number of amides is 1. The molecule has 3 rings (SSSR count). The minimum Gasteiger partial charge on any atom is -0.368 e. The SMILES string of the molecule is Cc1ccnc(Nc2cc(NCCNC(=O)c3ccsc3)ncn2)c1. The summed E-state index contributed by atoms with van der Waals surface area (Å²) in [6.45, 7) is 3.07. The fourth-order valence-electron chi connectivity index (χ4n) is 2.12. The molecule has 0 unspecified atom stereocenters. The van der Waals surface area contributed by atoms with Crippen molar-refractivity contribution < 1.29 is 4.79 Å². The first-order valence-electron chi connectivity index (χ1n) is 7.77. The summed E-state index contributed by atoms with van der Waals surface area (Å²) in [5, 5.41) is 12.9. The van der Waals surface area contributed by atoms with Crippen LogP contribution in [0.2, 0.25) is 0 Å². The molecule has 0 saturated carbocycles. The van der Waals surface area contributed by atoms with Crippen molar-refractivity contribution in [2.45, 2.75) is 6.92 Å². The zero-order chi connectivity index (χ0) is 17.5. The topological polar surface area (TPSA) is 91.8 Å². The van der Waals surface area contributed by atoms with Crippen molar-refractivity contribution >= 4 is 34.7 Å². The van der Waals surface area contributed by atoms with Gasteiger partial charge in [0.2, 0.25) is 0 Å². The summed E-state index contributed by atoms with van der Waals surface area (Å²) in [5.74, 6) is 1.99. The van der Waals surface area contributed by atoms with Crippen LogP contribution in [0, 0.1) is 6.92 Å². The molecule has 0 saturated heterocycles. The summed E-state index contributed by atoms with van der Waals surface area (Å²) in [6, 6.07) is 7.47. The van der Waals surface area contributed by atoms with Crippen LogP contribution in [0.1, 0.15) is 15.9 Å². The summed E-state index contributed by atoms with van der Waals surface area (Å²) >= 11 is 1.50. The fraction of sp³-hybridized carbons (Fsp3) is 0.176. The Morgan fingerprint density at radius 2 is 1.92 bits per heavy atom. The molecule has 0 atom stereocenters. The molecular formula is C17H18N6OS. The van der Waals surface area contributed by atoms with Crippen LogP contribution >= 0.6 is 11.3 Å². The fourth-order valence-corrected chi connectivity index (χ4v) is 2.76. The first-order chi connectivity index (χ1) is 12.2. The Hall–Kier alpha value is -3.00. The molecule has 0 fully saturated rings. The molecule has 3 aromatic rings. The quantitative estimate of drug-likeness (QED) is 0.565. The normalized spacial score (nSPS) is 10.3. The van der Waals surface area contributed by atoms with Gasteiger partial charge in [0.05, 0.1) is 0 Å². The third-order valence-corrected chi connectivity index (χ3v) is 4.02. The monoisotopic (exact) mass is 354 g/mol. The minimum absolute atomic E-state index is 0.0707. The van der Waals surface area contributed by atoms with Crippen LogP contribution in [-0.4, -0.2) is 33.9 Å². The molecule has 0 spiro atoms. The number of pyridine rings is 1. The molecule has 25 heavy (non-hydrogen) atoms. The second-order valence-corrected chi connectivity index (χ2v) is 6.11. The van der Waals surface area contributed by atoms with E-state index < -0.39 is 0 Å². The Bertz CT molecular complexity index is 837. The molecule has 0 radical (unpaired) electrons. The number of thiophene rings is 1. The van der Waals surface area contributed by atoms with E-state index in [-0.39, 0.29) is 5.91 Å². The molecule has 0 aromatic carbocycles. The van der Waals surface area contributed by atoms with E-state index in [0.717, 1.165) is 11.4 Å². The summed E-state index contributed by atoms with van der Waals surface area (Å²) < 4.78 is 0. The molecule has 1 amide bonds. The van der Waals surface area contributed by atoms with Crippen molar-refractivity contribution in [1.82, 2.24) is 20.3 Å². The second-order valence-electron chi connectivity index (χ2n) is 5.33. The van der Waals surface area contributed by atoms with Gasteiger partial charge in [0, 0.05) is 36.3 Å². The van der Waals surface area contributed by atoms with Gasteiger partial charge in [0.15, 0.2) is 0 Å². The lowest BCUT2D eigenvalue weighted by Crippen LogP contribution is -2.28. The zero-order valence-corrected chi connectivity index (χ0v) is 14.5. The second kappa shape index (κ2) is 8.20. The van der Waals surface area contributed by atoms with Gasteiger partial charge in [-0.05, 0) is 36.1 Å². The van der Waals surface area contributed by atoms with E-state index in [9.17, 15) is 4.79 Å². The van der Waals surface area contributed by atoms with E-state index in [1.165, 1.54) is 17.7 Å². The van der Waals surface area contributed by atoms with Gasteiger partial charge in [-0.2, -0.15) is 11.3 Å². The third-order valence-electron chi connectivity index (χ3n) is 3.34. The molecule has 7 nitrogen and oxygen atoms in total. The number of rotatable bonds is 7. The molecule has 3 heterocycles. The average Bonchev–Trinajstić information content (AvgIpc) is 3.14. The molecule has 8 heteroatoms. The highest BCUT2D eigenvalue weighted by Crippen LogP contribution is 2.14. The molecular weight excluding hydrogens is 336 g/mol. The number of aryl methyl sites for hydroxylation is 1. The van der Waals surface area contributed by atoms with Gasteiger partial charge in [-0.15, -0.1) is 0 Å². The lowest BCUT2D eigenvalue weighted by molar-refractivity contribution is 0.0955. The summed E-state index contributed by atoms with van der Waals surface area (Å²) in [7, 11) is 0. The van der Waals surface area contributed by atoms with Crippen molar-refractivity contribution in [3.8, 4) is 0 Å². The predicted octanol–water partition coefficient (Wildman–Crippen LogP) is 2.83. The first-order valence-corrected chi connectivity index (χ1v) is 8.71. The van der Waals surface area contributed by atoms with Gasteiger partial charge >= 0.3 is 0 Å². The highest BCUT2D eigenvalue weighted by molar-refractivity contribution is 7.08. The lowest BCUT2D eigenvalue weighted by atomic mass is 10.3. The smallest absolute Gasteiger partial charge is 0.252 e. The largest absolute Gasteiger partial charge is 0.368 e.